The van der Waals surface area contributed by atoms with Crippen LogP contribution >= 0.6 is 0 Å². The summed E-state index contributed by atoms with van der Waals surface area (Å²) in [4.78, 5) is 4.14. The maximum atomic E-state index is 14.2. The summed E-state index contributed by atoms with van der Waals surface area (Å²) in [5.41, 5.74) is 0.917. The average Bonchev–Trinajstić information content (AvgIpc) is 3.05. The van der Waals surface area contributed by atoms with E-state index in [1.54, 1.807) is 0 Å². The Balaban J connectivity index is 2.07. The molecule has 3 rings (SSSR count). The Labute approximate surface area is 161 Å². The molecule has 0 aliphatic rings. The summed E-state index contributed by atoms with van der Waals surface area (Å²) in [5, 5.41) is 7.10. The van der Waals surface area contributed by atoms with Crippen LogP contribution in [0.4, 0.5) is 22.0 Å². The van der Waals surface area contributed by atoms with Crippen LogP contribution in [0.1, 0.15) is 18.3 Å². The highest BCUT2D eigenvalue weighted by Crippen LogP contribution is 2.32. The molecule has 0 aliphatic carbocycles. The third-order valence-electron chi connectivity index (χ3n) is 3.76. The molecule has 156 valence electrons. The van der Waals surface area contributed by atoms with Crippen LogP contribution in [0, 0.1) is 0 Å². The van der Waals surface area contributed by atoms with Gasteiger partial charge in [-0.05, 0) is 30.7 Å². The second-order valence-corrected chi connectivity index (χ2v) is 5.77. The first kappa shape index (κ1) is 20.9. The second kappa shape index (κ2) is 7.87. The molecule has 0 N–H and O–H groups in total. The number of fused-ring (bicyclic) bond motifs is 1. The molecule has 0 fully saturated rings. The van der Waals surface area contributed by atoms with Gasteiger partial charge in [-0.15, -0.1) is 23.4 Å². The molecule has 1 aromatic carbocycles. The van der Waals surface area contributed by atoms with E-state index >= 15 is 0 Å². The Kier molecular flexibility index (Phi) is 5.66. The van der Waals surface area contributed by atoms with E-state index in [1.807, 2.05) is 0 Å². The minimum Gasteiger partial charge on any atom is -0.406 e. The van der Waals surface area contributed by atoms with Crippen LogP contribution in [0.2, 0.25) is 0 Å². The fourth-order valence-corrected chi connectivity index (χ4v) is 2.68. The molecule has 3 aromatic rings. The molecule has 0 radical (unpaired) electrons. The van der Waals surface area contributed by atoms with E-state index in [2.05, 4.69) is 24.7 Å². The van der Waals surface area contributed by atoms with Gasteiger partial charge in [0, 0.05) is 18.9 Å². The smallest absolute Gasteiger partial charge is 0.406 e. The van der Waals surface area contributed by atoms with Crippen molar-refractivity contribution in [1.82, 2.24) is 19.6 Å². The second-order valence-electron chi connectivity index (χ2n) is 5.77. The van der Waals surface area contributed by atoms with Crippen molar-refractivity contribution in [3.05, 3.63) is 42.0 Å². The van der Waals surface area contributed by atoms with Crippen LogP contribution in [-0.2, 0) is 22.2 Å². The summed E-state index contributed by atoms with van der Waals surface area (Å²) < 4.78 is 80.1. The van der Waals surface area contributed by atoms with Crippen molar-refractivity contribution in [2.45, 2.75) is 26.0 Å². The molecule has 29 heavy (non-hydrogen) atoms. The van der Waals surface area contributed by atoms with Crippen LogP contribution in [0.25, 0.3) is 16.9 Å². The number of aromatic nitrogens is 4. The SMILES string of the molecule is CCOC(F)(F)c1nnc2cnc(-c3ccc(OC(F)(F)F)cc3COC)cn12. The maximum absolute atomic E-state index is 14.2. The Morgan fingerprint density at radius 2 is 1.86 bits per heavy atom. The number of alkyl halides is 5. The Bertz CT molecular complexity index is 1010. The van der Waals surface area contributed by atoms with Crippen LogP contribution in [0.15, 0.2) is 30.6 Å². The zero-order valence-electron chi connectivity index (χ0n) is 15.2. The summed E-state index contributed by atoms with van der Waals surface area (Å²) in [6, 6.07) is 3.56. The van der Waals surface area contributed by atoms with Gasteiger partial charge in [0.25, 0.3) is 0 Å². The first-order valence-corrected chi connectivity index (χ1v) is 8.25. The topological polar surface area (TPSA) is 70.8 Å². The van der Waals surface area contributed by atoms with E-state index in [9.17, 15) is 22.0 Å². The fraction of sp³-hybridized carbons (Fsp3) is 0.353. The van der Waals surface area contributed by atoms with E-state index in [1.165, 1.54) is 32.5 Å². The van der Waals surface area contributed by atoms with Gasteiger partial charge in [0.1, 0.15) is 5.75 Å². The molecule has 0 unspecified atom stereocenters. The molecule has 7 nitrogen and oxygen atoms in total. The van der Waals surface area contributed by atoms with Crippen molar-refractivity contribution in [2.75, 3.05) is 13.7 Å². The molecule has 0 saturated heterocycles. The lowest BCUT2D eigenvalue weighted by Crippen LogP contribution is -2.21. The van der Waals surface area contributed by atoms with Gasteiger partial charge in [-0.25, -0.2) is 0 Å². The van der Waals surface area contributed by atoms with Gasteiger partial charge in [-0.3, -0.25) is 9.38 Å². The summed E-state index contributed by atoms with van der Waals surface area (Å²) >= 11 is 0. The number of ether oxygens (including phenoxy) is 3. The van der Waals surface area contributed by atoms with Crippen LogP contribution in [0.5, 0.6) is 5.75 Å². The predicted molar refractivity (Wildman–Crippen MR) is 89.1 cm³/mol. The lowest BCUT2D eigenvalue weighted by molar-refractivity contribution is -0.274. The Morgan fingerprint density at radius 1 is 1.10 bits per heavy atom. The maximum Gasteiger partial charge on any atom is 0.573 e. The van der Waals surface area contributed by atoms with Gasteiger partial charge in [-0.1, -0.05) is 0 Å². The van der Waals surface area contributed by atoms with Crippen molar-refractivity contribution in [3.8, 4) is 17.0 Å². The number of hydrogen-bond donors (Lipinski definition) is 0. The molecule has 0 saturated carbocycles. The number of nitrogens with zero attached hydrogens (tertiary/aromatic N) is 4. The van der Waals surface area contributed by atoms with Crippen molar-refractivity contribution < 1.29 is 36.2 Å². The van der Waals surface area contributed by atoms with E-state index in [0.717, 1.165) is 16.5 Å². The average molecular weight is 418 g/mol. The zero-order chi connectivity index (χ0) is 21.2. The molecule has 0 aliphatic heterocycles. The molecule has 2 aromatic heterocycles. The van der Waals surface area contributed by atoms with Gasteiger partial charge in [0.05, 0.1) is 25.1 Å². The third-order valence-corrected chi connectivity index (χ3v) is 3.76. The number of hydrogen-bond acceptors (Lipinski definition) is 6. The zero-order valence-corrected chi connectivity index (χ0v) is 15.2. The summed E-state index contributed by atoms with van der Waals surface area (Å²) in [6.45, 7) is 1.10. The Morgan fingerprint density at radius 3 is 2.52 bits per heavy atom. The summed E-state index contributed by atoms with van der Waals surface area (Å²) in [6.07, 6.45) is -6.08. The summed E-state index contributed by atoms with van der Waals surface area (Å²) in [5.74, 6) is -1.19. The minimum atomic E-state index is -4.86. The first-order chi connectivity index (χ1) is 13.6. The van der Waals surface area contributed by atoms with Crippen LogP contribution in [-0.4, -0.2) is 39.7 Å². The third kappa shape index (κ3) is 4.59. The predicted octanol–water partition coefficient (Wildman–Crippen LogP) is 3.92. The molecule has 0 atom stereocenters. The number of benzene rings is 1. The molecule has 0 spiro atoms. The molecule has 2 heterocycles. The van der Waals surface area contributed by atoms with E-state index in [-0.39, 0.29) is 24.6 Å². The molecule has 0 bridgehead atoms. The highest BCUT2D eigenvalue weighted by molar-refractivity contribution is 5.65. The lowest BCUT2D eigenvalue weighted by Gasteiger charge is -2.15. The number of rotatable bonds is 7. The van der Waals surface area contributed by atoms with Crippen molar-refractivity contribution in [2.24, 2.45) is 0 Å². The van der Waals surface area contributed by atoms with E-state index in [4.69, 9.17) is 4.74 Å². The van der Waals surface area contributed by atoms with Crippen LogP contribution in [0.3, 0.4) is 0 Å². The van der Waals surface area contributed by atoms with Crippen molar-refractivity contribution in [1.29, 1.82) is 0 Å². The fourth-order valence-electron chi connectivity index (χ4n) is 2.68. The van der Waals surface area contributed by atoms with Gasteiger partial charge in [0.15, 0.2) is 5.65 Å². The van der Waals surface area contributed by atoms with Crippen LogP contribution < -0.4 is 4.74 Å². The monoisotopic (exact) mass is 418 g/mol. The number of methoxy groups -OCH3 is 1. The molecule has 0 amide bonds. The van der Waals surface area contributed by atoms with Gasteiger partial charge < -0.3 is 14.2 Å². The first-order valence-electron chi connectivity index (χ1n) is 8.25. The minimum absolute atomic E-state index is 0.0495. The van der Waals surface area contributed by atoms with E-state index < -0.39 is 24.0 Å². The summed E-state index contributed by atoms with van der Waals surface area (Å²) in [7, 11) is 1.36. The highest BCUT2D eigenvalue weighted by Gasteiger charge is 2.38. The highest BCUT2D eigenvalue weighted by atomic mass is 19.4. The molecular formula is C17H15F5N4O3. The molecular weight excluding hydrogens is 403 g/mol. The van der Waals surface area contributed by atoms with Gasteiger partial charge >= 0.3 is 12.5 Å². The normalized spacial score (nSPS) is 12.5. The van der Waals surface area contributed by atoms with Crippen molar-refractivity contribution >= 4 is 5.65 Å². The van der Waals surface area contributed by atoms with Gasteiger partial charge in [-0.2, -0.15) is 8.78 Å². The van der Waals surface area contributed by atoms with Crippen molar-refractivity contribution in [3.63, 3.8) is 0 Å². The van der Waals surface area contributed by atoms with E-state index in [0.29, 0.717) is 11.1 Å². The largest absolute Gasteiger partial charge is 0.573 e. The molecule has 12 heteroatoms. The lowest BCUT2D eigenvalue weighted by atomic mass is 10.0. The number of halogens is 5. The Hall–Kier alpha value is -2.86. The van der Waals surface area contributed by atoms with Gasteiger partial charge in [0.2, 0.25) is 5.82 Å². The quantitative estimate of drug-likeness (QED) is 0.542. The standard InChI is InChI=1S/C17H15F5N4O3/c1-3-28-16(18,19)15-25-24-14-7-23-13(8-26(14)15)12-5-4-11(29-17(20,21)22)6-10(12)9-27-2/h4-8H,3,9H2,1-2H3.